The summed E-state index contributed by atoms with van der Waals surface area (Å²) >= 11 is 0. The first-order valence-electron chi connectivity index (χ1n) is 10.2. The molecule has 0 bridgehead atoms. The fraction of sp³-hybridized carbons (Fsp3) is 0.227. The Balaban J connectivity index is 2.18. The molecule has 1 amide bonds. The van der Waals surface area contributed by atoms with Gasteiger partial charge in [0.1, 0.15) is 17.1 Å². The van der Waals surface area contributed by atoms with Crippen molar-refractivity contribution in [1.82, 2.24) is 5.06 Å². The summed E-state index contributed by atoms with van der Waals surface area (Å²) in [5.41, 5.74) is -2.31. The number of nitrogens with zero attached hydrogens (tertiary/aromatic N) is 2. The van der Waals surface area contributed by atoms with E-state index in [1.165, 1.54) is 0 Å². The van der Waals surface area contributed by atoms with Crippen LogP contribution in [0.1, 0.15) is 22.8 Å². The summed E-state index contributed by atoms with van der Waals surface area (Å²) in [6, 6.07) is 6.46. The van der Waals surface area contributed by atoms with Gasteiger partial charge < -0.3 is 14.2 Å². The predicted molar refractivity (Wildman–Crippen MR) is 116 cm³/mol. The molecular weight excluding hydrogens is 509 g/mol. The Morgan fingerprint density at radius 3 is 2.30 bits per heavy atom. The number of hydroxylamine groups is 2. The first kappa shape index (κ1) is 28.6. The molecule has 2 aromatic rings. The van der Waals surface area contributed by atoms with Crippen LogP contribution in [0.3, 0.4) is 0 Å². The molecule has 2 rings (SSSR count). The van der Waals surface area contributed by atoms with E-state index in [4.69, 9.17) is 4.74 Å². The fourth-order valence-electron chi connectivity index (χ4n) is 2.55. The third-order valence-electron chi connectivity index (χ3n) is 4.19. The Morgan fingerprint density at radius 1 is 1.08 bits per heavy atom. The summed E-state index contributed by atoms with van der Waals surface area (Å²) in [4.78, 5) is 55.3. The Morgan fingerprint density at radius 2 is 1.73 bits per heavy atom. The Hall–Kier alpha value is -4.66. The van der Waals surface area contributed by atoms with Crippen molar-refractivity contribution >= 4 is 23.7 Å². The lowest BCUT2D eigenvalue weighted by molar-refractivity contribution is -0.386. The van der Waals surface area contributed by atoms with Gasteiger partial charge in [0.05, 0.1) is 30.7 Å². The van der Waals surface area contributed by atoms with Gasteiger partial charge in [-0.15, -0.1) is 5.06 Å². The number of rotatable bonds is 10. The first-order chi connectivity index (χ1) is 17.5. The van der Waals surface area contributed by atoms with Crippen LogP contribution in [-0.4, -0.2) is 48.3 Å². The van der Waals surface area contributed by atoms with E-state index in [0.29, 0.717) is 5.06 Å². The number of carbonyl (C=O) groups is 3. The van der Waals surface area contributed by atoms with E-state index < -0.39 is 52.5 Å². The zero-order chi connectivity index (χ0) is 27.6. The van der Waals surface area contributed by atoms with Crippen molar-refractivity contribution in [2.45, 2.75) is 13.1 Å². The van der Waals surface area contributed by atoms with Crippen LogP contribution in [0.25, 0.3) is 0 Å². The third-order valence-corrected chi connectivity index (χ3v) is 4.19. The maximum atomic E-state index is 12.7. The van der Waals surface area contributed by atoms with Crippen molar-refractivity contribution in [3.8, 4) is 11.5 Å². The molecule has 0 unspecified atom stereocenters. The lowest BCUT2D eigenvalue weighted by atomic mass is 10.1. The Labute approximate surface area is 206 Å². The van der Waals surface area contributed by atoms with Gasteiger partial charge in [0.25, 0.3) is 5.69 Å². The molecule has 0 fully saturated rings. The largest absolute Gasteiger partial charge is 0.463 e. The number of methoxy groups -OCH3 is 1. The number of hydrogen-bond acceptors (Lipinski definition) is 10. The number of nitro benzene ring substituents is 1. The molecule has 0 spiro atoms. The number of alkyl halides is 3. The zero-order valence-corrected chi connectivity index (χ0v) is 19.2. The van der Waals surface area contributed by atoms with E-state index in [2.05, 4.69) is 19.3 Å². The van der Waals surface area contributed by atoms with E-state index in [1.807, 2.05) is 0 Å². The third kappa shape index (κ3) is 8.50. The predicted octanol–water partition coefficient (Wildman–Crippen LogP) is 4.60. The number of carbonyl (C=O) groups excluding carboxylic acids is 3. The van der Waals surface area contributed by atoms with Gasteiger partial charge in [-0.1, -0.05) is 11.1 Å². The molecule has 0 saturated heterocycles. The number of nitro groups is 1. The molecule has 0 aliphatic carbocycles. The fourth-order valence-corrected chi connectivity index (χ4v) is 2.55. The highest BCUT2D eigenvalue weighted by Gasteiger charge is 2.30. The molecule has 0 heterocycles. The van der Waals surface area contributed by atoms with Crippen LogP contribution in [0, 0.1) is 10.1 Å². The minimum Gasteiger partial charge on any atom is -0.463 e. The topological polar surface area (TPSA) is 144 Å². The number of benzene rings is 2. The van der Waals surface area contributed by atoms with E-state index >= 15 is 0 Å². The van der Waals surface area contributed by atoms with Gasteiger partial charge >= 0.3 is 24.2 Å². The molecule has 0 radical (unpaired) electrons. The molecule has 15 heteroatoms. The molecule has 198 valence electrons. The molecule has 2 aromatic carbocycles. The molecule has 12 nitrogen and oxygen atoms in total. The summed E-state index contributed by atoms with van der Waals surface area (Å²) < 4.78 is 52.7. The smallest absolute Gasteiger partial charge is 0.437 e. The van der Waals surface area contributed by atoms with E-state index in [9.17, 15) is 37.7 Å². The minimum absolute atomic E-state index is 0.0531. The molecule has 0 atom stereocenters. The minimum atomic E-state index is -4.56. The number of halogens is 3. The molecule has 0 saturated carbocycles. The standard InChI is InChI=1S/C22H19F3N2O10/c1-3-34-19(28)5-4-12-26(21(30)33-2)37-36-20(29)17-13-16(10-11-18(17)27(31)32)35-15-8-6-14(7-9-15)22(23,24)25/h4-11,13H,3,12H2,1-2H3. The maximum Gasteiger partial charge on any atom is 0.437 e. The van der Waals surface area contributed by atoms with Crippen molar-refractivity contribution < 1.29 is 56.6 Å². The summed E-state index contributed by atoms with van der Waals surface area (Å²) in [6.45, 7) is 1.24. The number of ether oxygens (including phenoxy) is 3. The summed E-state index contributed by atoms with van der Waals surface area (Å²) in [7, 11) is 0.989. The van der Waals surface area contributed by atoms with Gasteiger partial charge in [-0.05, 0) is 37.3 Å². The van der Waals surface area contributed by atoms with Crippen LogP contribution < -0.4 is 4.74 Å². The van der Waals surface area contributed by atoms with E-state index in [-0.39, 0.29) is 18.1 Å². The summed E-state index contributed by atoms with van der Waals surface area (Å²) in [6.07, 6.45) is -3.60. The molecule has 0 aliphatic heterocycles. The van der Waals surface area contributed by atoms with Crippen LogP contribution in [-0.2, 0) is 30.3 Å². The zero-order valence-electron chi connectivity index (χ0n) is 19.2. The van der Waals surface area contributed by atoms with Crippen molar-refractivity contribution in [3.05, 3.63) is 75.9 Å². The van der Waals surface area contributed by atoms with E-state index in [1.54, 1.807) is 6.92 Å². The van der Waals surface area contributed by atoms with Crippen molar-refractivity contribution in [3.63, 3.8) is 0 Å². The van der Waals surface area contributed by atoms with Gasteiger partial charge in [-0.3, -0.25) is 15.0 Å². The number of esters is 1. The van der Waals surface area contributed by atoms with Gasteiger partial charge in [0, 0.05) is 18.2 Å². The van der Waals surface area contributed by atoms with Crippen LogP contribution in [0.4, 0.5) is 23.7 Å². The normalized spacial score (nSPS) is 11.1. The number of amides is 1. The Bertz CT molecular complexity index is 1170. The second-order valence-electron chi connectivity index (χ2n) is 6.69. The average Bonchev–Trinajstić information content (AvgIpc) is 2.85. The van der Waals surface area contributed by atoms with Crippen molar-refractivity contribution in [1.29, 1.82) is 0 Å². The quantitative estimate of drug-likeness (QED) is 0.141. The second kappa shape index (κ2) is 12.9. The summed E-state index contributed by atoms with van der Waals surface area (Å²) in [5, 5.41) is 11.7. The van der Waals surface area contributed by atoms with Crippen LogP contribution >= 0.6 is 0 Å². The van der Waals surface area contributed by atoms with Crippen LogP contribution in [0.5, 0.6) is 11.5 Å². The van der Waals surface area contributed by atoms with Gasteiger partial charge in [0.15, 0.2) is 0 Å². The van der Waals surface area contributed by atoms with Crippen LogP contribution in [0.2, 0.25) is 0 Å². The SMILES string of the molecule is CCOC(=O)C=CCN(OOC(=O)c1cc(Oc2ccc(C(F)(F)F)cc2)ccc1[N+](=O)[O-])C(=O)OC. The highest BCUT2D eigenvalue weighted by Crippen LogP contribution is 2.32. The highest BCUT2D eigenvalue weighted by molar-refractivity contribution is 5.94. The molecule has 0 N–H and O–H groups in total. The van der Waals surface area contributed by atoms with Crippen molar-refractivity contribution in [2.24, 2.45) is 0 Å². The molecule has 37 heavy (non-hydrogen) atoms. The summed E-state index contributed by atoms with van der Waals surface area (Å²) in [5.74, 6) is -2.35. The molecule has 0 aromatic heterocycles. The van der Waals surface area contributed by atoms with E-state index in [0.717, 1.165) is 61.7 Å². The van der Waals surface area contributed by atoms with Gasteiger partial charge in [0.2, 0.25) is 0 Å². The Kier molecular flexibility index (Phi) is 9.94. The average molecular weight is 528 g/mol. The molecule has 0 aliphatic rings. The van der Waals surface area contributed by atoms with Gasteiger partial charge in [-0.2, -0.15) is 13.2 Å². The maximum absolute atomic E-state index is 12.7. The second-order valence-corrected chi connectivity index (χ2v) is 6.69. The number of hydrogen-bond donors (Lipinski definition) is 0. The lowest BCUT2D eigenvalue weighted by Crippen LogP contribution is -2.32. The van der Waals surface area contributed by atoms with Gasteiger partial charge in [-0.25, -0.2) is 14.4 Å². The van der Waals surface area contributed by atoms with Crippen LogP contribution in [0.15, 0.2) is 54.6 Å². The monoisotopic (exact) mass is 528 g/mol. The lowest BCUT2D eigenvalue weighted by Gasteiger charge is -2.16. The first-order valence-corrected chi connectivity index (χ1v) is 10.2. The molecular formula is C22H19F3N2O10. The highest BCUT2D eigenvalue weighted by atomic mass is 19.4. The van der Waals surface area contributed by atoms with Crippen molar-refractivity contribution in [2.75, 3.05) is 20.3 Å².